The van der Waals surface area contributed by atoms with Gasteiger partial charge in [0.05, 0.1) is 0 Å². The van der Waals surface area contributed by atoms with Crippen molar-refractivity contribution in [1.82, 2.24) is 10.2 Å². The molecule has 3 rings (SSSR count). The average Bonchev–Trinajstić information content (AvgIpc) is 2.84. The highest BCUT2D eigenvalue weighted by Crippen LogP contribution is 2.29. The first-order chi connectivity index (χ1) is 16.0. The fourth-order valence-electron chi connectivity index (χ4n) is 4.09. The average molecular weight is 463 g/mol. The molecule has 33 heavy (non-hydrogen) atoms. The Morgan fingerprint density at radius 3 is 1.88 bits per heavy atom. The van der Waals surface area contributed by atoms with Crippen molar-refractivity contribution in [1.29, 1.82) is 0 Å². The maximum atomic E-state index is 13.8. The van der Waals surface area contributed by atoms with Crippen LogP contribution in [0.2, 0.25) is 5.02 Å². The Kier molecular flexibility index (Phi) is 9.08. The third-order valence-corrected chi connectivity index (χ3v) is 6.04. The molecule has 0 spiro atoms. The first-order valence-electron chi connectivity index (χ1n) is 11.4. The van der Waals surface area contributed by atoms with Gasteiger partial charge in [-0.05, 0) is 42.2 Å². The van der Waals surface area contributed by atoms with E-state index in [1.165, 1.54) is 0 Å². The van der Waals surface area contributed by atoms with Gasteiger partial charge < -0.3 is 10.2 Å². The molecule has 0 saturated heterocycles. The summed E-state index contributed by atoms with van der Waals surface area (Å²) < 4.78 is 0. The van der Waals surface area contributed by atoms with Gasteiger partial charge in [0, 0.05) is 30.5 Å². The second-order valence-electron chi connectivity index (χ2n) is 8.04. The molecule has 0 heterocycles. The van der Waals surface area contributed by atoms with Gasteiger partial charge in [0.15, 0.2) is 0 Å². The molecular weight excluding hydrogens is 432 g/mol. The third kappa shape index (κ3) is 6.69. The topological polar surface area (TPSA) is 49.4 Å². The van der Waals surface area contributed by atoms with E-state index in [9.17, 15) is 9.59 Å². The fourth-order valence-corrected chi connectivity index (χ4v) is 4.21. The van der Waals surface area contributed by atoms with Crippen LogP contribution in [0.5, 0.6) is 0 Å². The number of carbonyl (C=O) groups is 2. The molecule has 0 bridgehead atoms. The number of likely N-dealkylation sites (N-methyl/N-ethyl adjacent to an activating group) is 1. The number of hydrogen-bond donors (Lipinski definition) is 1. The number of hydrogen-bond acceptors (Lipinski definition) is 2. The zero-order valence-electron chi connectivity index (χ0n) is 19.2. The lowest BCUT2D eigenvalue weighted by Crippen LogP contribution is -2.49. The van der Waals surface area contributed by atoms with E-state index in [0.29, 0.717) is 24.5 Å². The third-order valence-electron chi connectivity index (χ3n) is 5.79. The zero-order valence-corrected chi connectivity index (χ0v) is 20.0. The summed E-state index contributed by atoms with van der Waals surface area (Å²) in [5, 5.41) is 3.53. The van der Waals surface area contributed by atoms with Crippen molar-refractivity contribution in [3.63, 3.8) is 0 Å². The Morgan fingerprint density at radius 2 is 1.39 bits per heavy atom. The minimum Gasteiger partial charge on any atom is -0.355 e. The van der Waals surface area contributed by atoms with Crippen molar-refractivity contribution in [3.05, 3.63) is 107 Å². The summed E-state index contributed by atoms with van der Waals surface area (Å²) in [5.41, 5.74) is 3.09. The molecule has 2 amide bonds. The van der Waals surface area contributed by atoms with Crippen LogP contribution in [0.15, 0.2) is 84.9 Å². The van der Waals surface area contributed by atoms with Gasteiger partial charge in [0.2, 0.25) is 11.8 Å². The lowest BCUT2D eigenvalue weighted by Gasteiger charge is -2.32. The maximum Gasteiger partial charge on any atom is 0.242 e. The second kappa shape index (κ2) is 12.2. The molecule has 0 aliphatic rings. The minimum absolute atomic E-state index is 0.0549. The fraction of sp³-hybridized carbons (Fsp3) is 0.286. The quantitative estimate of drug-likeness (QED) is 0.413. The lowest BCUT2D eigenvalue weighted by molar-refractivity contribution is -0.141. The largest absolute Gasteiger partial charge is 0.355 e. The minimum atomic E-state index is -0.541. The Hall–Kier alpha value is -3.11. The van der Waals surface area contributed by atoms with Gasteiger partial charge in [-0.3, -0.25) is 9.59 Å². The normalized spacial score (nSPS) is 11.8. The summed E-state index contributed by atoms with van der Waals surface area (Å²) in [4.78, 5) is 28.4. The van der Waals surface area contributed by atoms with Crippen molar-refractivity contribution in [2.75, 3.05) is 6.54 Å². The van der Waals surface area contributed by atoms with E-state index >= 15 is 0 Å². The number of carbonyl (C=O) groups excluding carboxylic acids is 2. The van der Waals surface area contributed by atoms with Crippen LogP contribution in [-0.4, -0.2) is 29.3 Å². The molecule has 1 N–H and O–H groups in total. The van der Waals surface area contributed by atoms with E-state index in [2.05, 4.69) is 29.6 Å². The molecule has 0 aliphatic heterocycles. The molecule has 4 nitrogen and oxygen atoms in total. The zero-order chi connectivity index (χ0) is 23.6. The molecule has 172 valence electrons. The Labute approximate surface area is 201 Å². The van der Waals surface area contributed by atoms with E-state index < -0.39 is 6.04 Å². The number of benzene rings is 3. The maximum absolute atomic E-state index is 13.8. The van der Waals surface area contributed by atoms with Crippen LogP contribution in [0.4, 0.5) is 0 Å². The van der Waals surface area contributed by atoms with Gasteiger partial charge in [-0.1, -0.05) is 91.3 Å². The van der Waals surface area contributed by atoms with Crippen LogP contribution in [0, 0.1) is 0 Å². The van der Waals surface area contributed by atoms with Crippen LogP contribution in [0.3, 0.4) is 0 Å². The predicted molar refractivity (Wildman–Crippen MR) is 134 cm³/mol. The summed E-state index contributed by atoms with van der Waals surface area (Å²) in [5.74, 6) is -0.279. The molecule has 0 fully saturated rings. The van der Waals surface area contributed by atoms with Gasteiger partial charge in [-0.15, -0.1) is 0 Å². The van der Waals surface area contributed by atoms with Gasteiger partial charge in [-0.25, -0.2) is 0 Å². The predicted octanol–water partition coefficient (Wildman–Crippen LogP) is 5.81. The van der Waals surface area contributed by atoms with E-state index in [1.807, 2.05) is 74.5 Å². The molecule has 3 aromatic carbocycles. The summed E-state index contributed by atoms with van der Waals surface area (Å²) in [6.07, 6.45) is 0.810. The van der Waals surface area contributed by atoms with Crippen molar-refractivity contribution < 1.29 is 9.59 Å². The van der Waals surface area contributed by atoms with Crippen LogP contribution in [-0.2, 0) is 16.1 Å². The van der Waals surface area contributed by atoms with Crippen LogP contribution >= 0.6 is 11.6 Å². The molecule has 0 saturated carbocycles. The van der Waals surface area contributed by atoms with Gasteiger partial charge in [-0.2, -0.15) is 0 Å². The Balaban J connectivity index is 1.94. The number of halogens is 1. The standard InChI is InChI=1S/C28H31ClN2O2/c1-3-26(28(33)30-4-2)31(20-21-15-17-24(29)18-16-21)27(32)19-25(22-11-7-5-8-12-22)23-13-9-6-10-14-23/h5-18,25-26H,3-4,19-20H2,1-2H3,(H,30,33)/t26-/m0/s1. The summed E-state index contributed by atoms with van der Waals surface area (Å²) >= 11 is 6.05. The van der Waals surface area contributed by atoms with Crippen molar-refractivity contribution >= 4 is 23.4 Å². The van der Waals surface area contributed by atoms with E-state index in [-0.39, 0.29) is 24.2 Å². The highest BCUT2D eigenvalue weighted by atomic mass is 35.5. The van der Waals surface area contributed by atoms with Gasteiger partial charge in [0.1, 0.15) is 6.04 Å². The summed E-state index contributed by atoms with van der Waals surface area (Å²) in [6, 6.07) is 27.0. The van der Waals surface area contributed by atoms with Crippen LogP contribution in [0.1, 0.15) is 49.3 Å². The van der Waals surface area contributed by atoms with Crippen molar-refractivity contribution in [3.8, 4) is 0 Å². The van der Waals surface area contributed by atoms with E-state index in [1.54, 1.807) is 4.90 Å². The lowest BCUT2D eigenvalue weighted by atomic mass is 9.88. The van der Waals surface area contributed by atoms with Crippen LogP contribution < -0.4 is 5.32 Å². The molecule has 0 aromatic heterocycles. The Bertz CT molecular complexity index is 983. The summed E-state index contributed by atoms with van der Waals surface area (Å²) in [6.45, 7) is 4.70. The number of nitrogens with one attached hydrogen (secondary N) is 1. The number of rotatable bonds is 10. The molecule has 0 radical (unpaired) electrons. The number of amides is 2. The molecular formula is C28H31ClN2O2. The number of nitrogens with zero attached hydrogens (tertiary/aromatic N) is 1. The van der Waals surface area contributed by atoms with E-state index in [4.69, 9.17) is 11.6 Å². The summed E-state index contributed by atoms with van der Waals surface area (Å²) in [7, 11) is 0. The van der Waals surface area contributed by atoms with Gasteiger partial charge >= 0.3 is 0 Å². The van der Waals surface area contributed by atoms with Gasteiger partial charge in [0.25, 0.3) is 0 Å². The molecule has 5 heteroatoms. The molecule has 1 atom stereocenters. The van der Waals surface area contributed by atoms with Crippen molar-refractivity contribution in [2.24, 2.45) is 0 Å². The SMILES string of the molecule is CCNC(=O)[C@H](CC)N(Cc1ccc(Cl)cc1)C(=O)CC(c1ccccc1)c1ccccc1. The second-order valence-corrected chi connectivity index (χ2v) is 8.48. The molecule has 0 unspecified atom stereocenters. The highest BCUT2D eigenvalue weighted by molar-refractivity contribution is 6.30. The molecule has 3 aromatic rings. The van der Waals surface area contributed by atoms with E-state index in [0.717, 1.165) is 16.7 Å². The van der Waals surface area contributed by atoms with Crippen LogP contribution in [0.25, 0.3) is 0 Å². The molecule has 0 aliphatic carbocycles. The van der Waals surface area contributed by atoms with Crippen molar-refractivity contribution in [2.45, 2.75) is 45.2 Å². The highest BCUT2D eigenvalue weighted by Gasteiger charge is 2.30. The first-order valence-corrected chi connectivity index (χ1v) is 11.8. The Morgan fingerprint density at radius 1 is 0.848 bits per heavy atom. The first kappa shape index (κ1) is 24.5. The smallest absolute Gasteiger partial charge is 0.242 e. The monoisotopic (exact) mass is 462 g/mol.